The number of benzene rings is 1. The van der Waals surface area contributed by atoms with E-state index in [0.717, 1.165) is 30.8 Å². The predicted octanol–water partition coefficient (Wildman–Crippen LogP) is 3.04. The molecule has 102 valence electrons. The number of nitrogens with one attached hydrogen (secondary N) is 1. The summed E-state index contributed by atoms with van der Waals surface area (Å²) >= 11 is 5.98. The van der Waals surface area contributed by atoms with Crippen LogP contribution in [0.5, 0.6) is 5.75 Å². The molecule has 0 saturated carbocycles. The standard InChI is InChI=1S/C14H22ClNO2/c1-4-7-16-9-13(10-17-3)18-14-8-12(15)6-5-11(14)2/h5-6,8,13,16H,4,7,9-10H2,1-3H3. The molecule has 4 heteroatoms. The van der Waals surface area contributed by atoms with Crippen molar-refractivity contribution in [2.24, 2.45) is 0 Å². The number of halogens is 1. The van der Waals surface area contributed by atoms with Gasteiger partial charge in [-0.1, -0.05) is 24.6 Å². The number of ether oxygens (including phenoxy) is 2. The van der Waals surface area contributed by atoms with Gasteiger partial charge in [-0.05, 0) is 37.6 Å². The average Bonchev–Trinajstić information content (AvgIpc) is 2.34. The highest BCUT2D eigenvalue weighted by Gasteiger charge is 2.11. The number of hydrogen-bond donors (Lipinski definition) is 1. The summed E-state index contributed by atoms with van der Waals surface area (Å²) in [5.74, 6) is 0.822. The summed E-state index contributed by atoms with van der Waals surface area (Å²) < 4.78 is 11.1. The Labute approximate surface area is 114 Å². The van der Waals surface area contributed by atoms with Gasteiger partial charge in [-0.15, -0.1) is 0 Å². The van der Waals surface area contributed by atoms with E-state index in [-0.39, 0.29) is 6.10 Å². The maximum atomic E-state index is 5.98. The maximum Gasteiger partial charge on any atom is 0.134 e. The lowest BCUT2D eigenvalue weighted by molar-refractivity contribution is 0.0803. The van der Waals surface area contributed by atoms with E-state index in [2.05, 4.69) is 12.2 Å². The van der Waals surface area contributed by atoms with E-state index in [4.69, 9.17) is 21.1 Å². The molecule has 0 heterocycles. The van der Waals surface area contributed by atoms with Gasteiger partial charge in [0.1, 0.15) is 11.9 Å². The first-order valence-corrected chi connectivity index (χ1v) is 6.67. The molecule has 1 unspecified atom stereocenters. The smallest absolute Gasteiger partial charge is 0.134 e. The molecule has 18 heavy (non-hydrogen) atoms. The van der Waals surface area contributed by atoms with Crippen molar-refractivity contribution in [3.05, 3.63) is 28.8 Å². The quantitative estimate of drug-likeness (QED) is 0.737. The molecule has 1 N–H and O–H groups in total. The topological polar surface area (TPSA) is 30.5 Å². The van der Waals surface area contributed by atoms with Gasteiger partial charge in [-0.2, -0.15) is 0 Å². The fourth-order valence-electron chi connectivity index (χ4n) is 1.64. The van der Waals surface area contributed by atoms with Gasteiger partial charge in [0.15, 0.2) is 0 Å². The van der Waals surface area contributed by atoms with Gasteiger partial charge in [-0.3, -0.25) is 0 Å². The SMILES string of the molecule is CCCNCC(COC)Oc1cc(Cl)ccc1C. The van der Waals surface area contributed by atoms with Crippen molar-refractivity contribution in [3.63, 3.8) is 0 Å². The minimum Gasteiger partial charge on any atom is -0.486 e. The monoisotopic (exact) mass is 271 g/mol. The summed E-state index contributed by atoms with van der Waals surface area (Å²) in [5.41, 5.74) is 1.08. The average molecular weight is 272 g/mol. The molecule has 0 bridgehead atoms. The molecule has 1 rings (SSSR count). The van der Waals surface area contributed by atoms with Crippen LogP contribution in [0.25, 0.3) is 0 Å². The highest BCUT2D eigenvalue weighted by molar-refractivity contribution is 6.30. The summed E-state index contributed by atoms with van der Waals surface area (Å²) in [4.78, 5) is 0. The molecule has 1 aromatic rings. The van der Waals surface area contributed by atoms with Crippen LogP contribution in [-0.4, -0.2) is 32.9 Å². The van der Waals surface area contributed by atoms with Crippen LogP contribution >= 0.6 is 11.6 Å². The van der Waals surface area contributed by atoms with Gasteiger partial charge < -0.3 is 14.8 Å². The number of hydrogen-bond acceptors (Lipinski definition) is 3. The Morgan fingerprint density at radius 2 is 2.17 bits per heavy atom. The maximum absolute atomic E-state index is 5.98. The molecule has 3 nitrogen and oxygen atoms in total. The van der Waals surface area contributed by atoms with Crippen molar-refractivity contribution >= 4 is 11.6 Å². The molecule has 0 aliphatic rings. The van der Waals surface area contributed by atoms with Crippen LogP contribution in [-0.2, 0) is 4.74 Å². The van der Waals surface area contributed by atoms with Crippen LogP contribution in [0.2, 0.25) is 5.02 Å². The van der Waals surface area contributed by atoms with Gasteiger partial charge in [-0.25, -0.2) is 0 Å². The van der Waals surface area contributed by atoms with E-state index in [1.807, 2.05) is 25.1 Å². The lowest BCUT2D eigenvalue weighted by Crippen LogP contribution is -2.35. The van der Waals surface area contributed by atoms with E-state index >= 15 is 0 Å². The van der Waals surface area contributed by atoms with Crippen LogP contribution in [0.3, 0.4) is 0 Å². The van der Waals surface area contributed by atoms with Gasteiger partial charge in [0.05, 0.1) is 6.61 Å². The lowest BCUT2D eigenvalue weighted by Gasteiger charge is -2.20. The first-order chi connectivity index (χ1) is 8.67. The normalized spacial score (nSPS) is 12.4. The summed E-state index contributed by atoms with van der Waals surface area (Å²) in [5, 5.41) is 4.02. The van der Waals surface area contributed by atoms with Crippen LogP contribution in [0.1, 0.15) is 18.9 Å². The van der Waals surface area contributed by atoms with Crippen molar-refractivity contribution < 1.29 is 9.47 Å². The molecule has 1 atom stereocenters. The third-order valence-corrected chi connectivity index (χ3v) is 2.83. The van der Waals surface area contributed by atoms with Crippen molar-refractivity contribution in [2.75, 3.05) is 26.8 Å². The van der Waals surface area contributed by atoms with Crippen LogP contribution < -0.4 is 10.1 Å². The second-order valence-electron chi connectivity index (χ2n) is 4.31. The Bertz CT molecular complexity index is 358. The summed E-state index contributed by atoms with van der Waals surface area (Å²) in [7, 11) is 1.68. The summed E-state index contributed by atoms with van der Waals surface area (Å²) in [6.07, 6.45) is 1.11. The number of rotatable bonds is 8. The van der Waals surface area contributed by atoms with Gasteiger partial charge >= 0.3 is 0 Å². The molecule has 0 amide bonds. The summed E-state index contributed by atoms with van der Waals surface area (Å²) in [6, 6.07) is 5.67. The second kappa shape index (κ2) is 8.35. The van der Waals surface area contributed by atoms with Crippen molar-refractivity contribution in [1.82, 2.24) is 5.32 Å². The number of methoxy groups -OCH3 is 1. The molecule has 0 fully saturated rings. The van der Waals surface area contributed by atoms with E-state index in [9.17, 15) is 0 Å². The predicted molar refractivity (Wildman–Crippen MR) is 75.6 cm³/mol. The lowest BCUT2D eigenvalue weighted by atomic mass is 10.2. The Kier molecular flexibility index (Phi) is 7.09. The highest BCUT2D eigenvalue weighted by Crippen LogP contribution is 2.23. The Hall–Kier alpha value is -0.770. The molecule has 1 aromatic carbocycles. The third-order valence-electron chi connectivity index (χ3n) is 2.60. The molecular weight excluding hydrogens is 250 g/mol. The van der Waals surface area contributed by atoms with Gasteiger partial charge in [0.25, 0.3) is 0 Å². The highest BCUT2D eigenvalue weighted by atomic mass is 35.5. The van der Waals surface area contributed by atoms with Gasteiger partial charge in [0, 0.05) is 18.7 Å². The molecule has 0 aliphatic carbocycles. The summed E-state index contributed by atoms with van der Waals surface area (Å²) in [6.45, 7) is 6.46. The third kappa shape index (κ3) is 5.25. The fraction of sp³-hybridized carbons (Fsp3) is 0.571. The molecule has 0 spiro atoms. The fourth-order valence-corrected chi connectivity index (χ4v) is 1.80. The number of aryl methyl sites for hydroxylation is 1. The zero-order valence-corrected chi connectivity index (χ0v) is 12.1. The first kappa shape index (κ1) is 15.3. The minimum atomic E-state index is -0.00119. The zero-order chi connectivity index (χ0) is 13.4. The molecule has 0 aromatic heterocycles. The minimum absolute atomic E-state index is 0.00119. The zero-order valence-electron chi connectivity index (χ0n) is 11.3. The molecule has 0 radical (unpaired) electrons. The van der Waals surface area contributed by atoms with E-state index in [1.165, 1.54) is 0 Å². The van der Waals surface area contributed by atoms with E-state index in [0.29, 0.717) is 11.6 Å². The largest absolute Gasteiger partial charge is 0.486 e. The Morgan fingerprint density at radius 3 is 2.83 bits per heavy atom. The van der Waals surface area contributed by atoms with Gasteiger partial charge in [0.2, 0.25) is 0 Å². The van der Waals surface area contributed by atoms with E-state index in [1.54, 1.807) is 7.11 Å². The van der Waals surface area contributed by atoms with Crippen molar-refractivity contribution in [3.8, 4) is 5.75 Å². The first-order valence-electron chi connectivity index (χ1n) is 6.29. The van der Waals surface area contributed by atoms with Crippen LogP contribution in [0, 0.1) is 6.92 Å². The second-order valence-corrected chi connectivity index (χ2v) is 4.75. The van der Waals surface area contributed by atoms with Crippen LogP contribution in [0.15, 0.2) is 18.2 Å². The molecular formula is C14H22ClNO2. The van der Waals surface area contributed by atoms with E-state index < -0.39 is 0 Å². The van der Waals surface area contributed by atoms with Crippen LogP contribution in [0.4, 0.5) is 0 Å². The Morgan fingerprint density at radius 1 is 1.39 bits per heavy atom. The van der Waals surface area contributed by atoms with Crippen molar-refractivity contribution in [1.29, 1.82) is 0 Å². The molecule has 0 saturated heterocycles. The Balaban J connectivity index is 2.60. The van der Waals surface area contributed by atoms with Crippen molar-refractivity contribution in [2.45, 2.75) is 26.4 Å². The molecule has 0 aliphatic heterocycles.